The molecule has 1 aromatic heterocycles. The summed E-state index contributed by atoms with van der Waals surface area (Å²) in [5.74, 6) is 0. The summed E-state index contributed by atoms with van der Waals surface area (Å²) in [5.41, 5.74) is 3.83. The Morgan fingerprint density at radius 3 is 2.76 bits per heavy atom. The van der Waals surface area contributed by atoms with Gasteiger partial charge in [0.15, 0.2) is 0 Å². The van der Waals surface area contributed by atoms with Gasteiger partial charge in [-0.1, -0.05) is 37.6 Å². The third-order valence-corrected chi connectivity index (χ3v) is 2.74. The molecular weight excluding hydrogens is 208 g/mol. The van der Waals surface area contributed by atoms with Crippen LogP contribution in [0.15, 0.2) is 48.8 Å². The fourth-order valence-corrected chi connectivity index (χ4v) is 1.88. The number of aromatic nitrogens is 1. The second-order valence-electron chi connectivity index (χ2n) is 4.12. The molecule has 0 fully saturated rings. The van der Waals surface area contributed by atoms with Crippen molar-refractivity contribution in [2.45, 2.75) is 26.3 Å². The lowest BCUT2D eigenvalue weighted by Gasteiger charge is -2.11. The number of nitrogens with zero attached hydrogens (tertiary/aromatic N) is 1. The van der Waals surface area contributed by atoms with E-state index in [9.17, 15) is 0 Å². The van der Waals surface area contributed by atoms with E-state index >= 15 is 0 Å². The normalized spacial score (nSPS) is 10.2. The molecular formula is C15H18N2. The molecule has 2 aromatic rings. The number of rotatable bonds is 5. The van der Waals surface area contributed by atoms with Crippen molar-refractivity contribution in [1.29, 1.82) is 0 Å². The average molecular weight is 226 g/mol. The molecule has 17 heavy (non-hydrogen) atoms. The number of hydrogen-bond donors (Lipinski definition) is 1. The van der Waals surface area contributed by atoms with Gasteiger partial charge in [0, 0.05) is 24.6 Å². The Morgan fingerprint density at radius 1 is 1.12 bits per heavy atom. The number of pyridine rings is 1. The zero-order valence-electron chi connectivity index (χ0n) is 10.2. The van der Waals surface area contributed by atoms with Gasteiger partial charge in [0.2, 0.25) is 0 Å². The monoisotopic (exact) mass is 226 g/mol. The highest BCUT2D eigenvalue weighted by Gasteiger charge is 2.00. The van der Waals surface area contributed by atoms with Crippen molar-refractivity contribution < 1.29 is 0 Å². The van der Waals surface area contributed by atoms with E-state index in [1.54, 1.807) is 6.20 Å². The van der Waals surface area contributed by atoms with E-state index in [1.807, 2.05) is 12.3 Å². The molecule has 2 nitrogen and oxygen atoms in total. The Bertz CT molecular complexity index is 451. The Morgan fingerprint density at radius 2 is 2.00 bits per heavy atom. The smallest absolute Gasteiger partial charge is 0.0416 e. The van der Waals surface area contributed by atoms with Crippen LogP contribution in [0.4, 0.5) is 5.69 Å². The number of hydrogen-bond acceptors (Lipinski definition) is 2. The lowest BCUT2D eigenvalue weighted by Crippen LogP contribution is -2.02. The van der Waals surface area contributed by atoms with Crippen LogP contribution in [0.1, 0.15) is 24.5 Å². The number of aryl methyl sites for hydroxylation is 1. The number of nitrogens with one attached hydrogen (secondary N) is 1. The van der Waals surface area contributed by atoms with Crippen molar-refractivity contribution in [3.05, 3.63) is 59.9 Å². The summed E-state index contributed by atoms with van der Waals surface area (Å²) in [5, 5.41) is 3.47. The first-order valence-corrected chi connectivity index (χ1v) is 6.11. The van der Waals surface area contributed by atoms with Gasteiger partial charge in [-0.15, -0.1) is 0 Å². The van der Waals surface area contributed by atoms with Gasteiger partial charge in [-0.25, -0.2) is 0 Å². The van der Waals surface area contributed by atoms with Crippen LogP contribution in [0.25, 0.3) is 0 Å². The molecule has 0 aliphatic carbocycles. The fraction of sp³-hybridized carbons (Fsp3) is 0.267. The Labute approximate surface area is 103 Å². The largest absolute Gasteiger partial charge is 0.381 e. The second-order valence-corrected chi connectivity index (χ2v) is 4.12. The van der Waals surface area contributed by atoms with Crippen molar-refractivity contribution in [3.63, 3.8) is 0 Å². The third-order valence-electron chi connectivity index (χ3n) is 2.74. The van der Waals surface area contributed by atoms with Gasteiger partial charge in [0.25, 0.3) is 0 Å². The molecule has 2 rings (SSSR count). The molecule has 0 unspecified atom stereocenters. The quantitative estimate of drug-likeness (QED) is 0.841. The molecule has 1 N–H and O–H groups in total. The SMILES string of the molecule is CCCc1ccccc1NCc1cccnc1. The summed E-state index contributed by atoms with van der Waals surface area (Å²) < 4.78 is 0. The zero-order chi connectivity index (χ0) is 11.9. The first kappa shape index (κ1) is 11.6. The van der Waals surface area contributed by atoms with E-state index in [0.717, 1.165) is 13.0 Å². The maximum absolute atomic E-state index is 4.12. The molecule has 0 radical (unpaired) electrons. The van der Waals surface area contributed by atoms with Gasteiger partial charge in [-0.05, 0) is 29.7 Å². The minimum absolute atomic E-state index is 0.828. The van der Waals surface area contributed by atoms with E-state index < -0.39 is 0 Å². The standard InChI is InChI=1S/C15H18N2/c1-2-6-14-8-3-4-9-15(14)17-12-13-7-5-10-16-11-13/h3-5,7-11,17H,2,6,12H2,1H3. The number of anilines is 1. The summed E-state index contributed by atoms with van der Waals surface area (Å²) in [6, 6.07) is 12.6. The van der Waals surface area contributed by atoms with Crippen LogP contribution in [-0.2, 0) is 13.0 Å². The van der Waals surface area contributed by atoms with Crippen LogP contribution in [0, 0.1) is 0 Å². The van der Waals surface area contributed by atoms with E-state index in [1.165, 1.54) is 23.2 Å². The molecule has 0 aliphatic heterocycles. The summed E-state index contributed by atoms with van der Waals surface area (Å²) in [7, 11) is 0. The van der Waals surface area contributed by atoms with E-state index in [4.69, 9.17) is 0 Å². The van der Waals surface area contributed by atoms with Crippen molar-refractivity contribution >= 4 is 5.69 Å². The molecule has 0 aliphatic rings. The highest BCUT2D eigenvalue weighted by molar-refractivity contribution is 5.51. The summed E-state index contributed by atoms with van der Waals surface area (Å²) in [6.07, 6.45) is 5.99. The van der Waals surface area contributed by atoms with Crippen LogP contribution in [-0.4, -0.2) is 4.98 Å². The first-order chi connectivity index (χ1) is 8.40. The Balaban J connectivity index is 2.03. The summed E-state index contributed by atoms with van der Waals surface area (Å²) >= 11 is 0. The zero-order valence-corrected chi connectivity index (χ0v) is 10.2. The summed E-state index contributed by atoms with van der Waals surface area (Å²) in [4.78, 5) is 4.12. The van der Waals surface area contributed by atoms with Gasteiger partial charge < -0.3 is 5.32 Å². The predicted molar refractivity (Wildman–Crippen MR) is 72.0 cm³/mol. The summed E-state index contributed by atoms with van der Waals surface area (Å²) in [6.45, 7) is 3.03. The van der Waals surface area contributed by atoms with Gasteiger partial charge in [0.1, 0.15) is 0 Å². The Hall–Kier alpha value is -1.83. The van der Waals surface area contributed by atoms with Crippen LogP contribution in [0.5, 0.6) is 0 Å². The van der Waals surface area contributed by atoms with Gasteiger partial charge in [0.05, 0.1) is 0 Å². The third kappa shape index (κ3) is 3.31. The number of benzene rings is 1. The van der Waals surface area contributed by atoms with Crippen LogP contribution in [0.3, 0.4) is 0 Å². The molecule has 1 heterocycles. The van der Waals surface area contributed by atoms with Gasteiger partial charge in [-0.3, -0.25) is 4.98 Å². The fourth-order valence-electron chi connectivity index (χ4n) is 1.88. The van der Waals surface area contributed by atoms with E-state index in [0.29, 0.717) is 0 Å². The van der Waals surface area contributed by atoms with Gasteiger partial charge >= 0.3 is 0 Å². The topological polar surface area (TPSA) is 24.9 Å². The first-order valence-electron chi connectivity index (χ1n) is 6.11. The molecule has 1 aromatic carbocycles. The minimum Gasteiger partial charge on any atom is -0.381 e. The van der Waals surface area contributed by atoms with E-state index in [-0.39, 0.29) is 0 Å². The van der Waals surface area contributed by atoms with Crippen molar-refractivity contribution in [2.75, 3.05) is 5.32 Å². The van der Waals surface area contributed by atoms with Crippen LogP contribution >= 0.6 is 0 Å². The van der Waals surface area contributed by atoms with E-state index in [2.05, 4.69) is 47.6 Å². The molecule has 0 amide bonds. The van der Waals surface area contributed by atoms with Crippen LogP contribution in [0.2, 0.25) is 0 Å². The lowest BCUT2D eigenvalue weighted by molar-refractivity contribution is 0.919. The maximum atomic E-state index is 4.12. The highest BCUT2D eigenvalue weighted by Crippen LogP contribution is 2.17. The second kappa shape index (κ2) is 6.04. The number of para-hydroxylation sites is 1. The van der Waals surface area contributed by atoms with Crippen molar-refractivity contribution in [1.82, 2.24) is 4.98 Å². The molecule has 0 spiro atoms. The molecule has 88 valence electrons. The molecule has 0 atom stereocenters. The maximum Gasteiger partial charge on any atom is 0.0416 e. The predicted octanol–water partition coefficient (Wildman–Crippen LogP) is 3.65. The molecule has 2 heteroatoms. The lowest BCUT2D eigenvalue weighted by atomic mass is 10.1. The molecule has 0 saturated carbocycles. The minimum atomic E-state index is 0.828. The van der Waals surface area contributed by atoms with Crippen molar-refractivity contribution in [3.8, 4) is 0 Å². The van der Waals surface area contributed by atoms with Crippen molar-refractivity contribution in [2.24, 2.45) is 0 Å². The Kier molecular flexibility index (Phi) is 4.14. The van der Waals surface area contributed by atoms with Crippen LogP contribution < -0.4 is 5.32 Å². The van der Waals surface area contributed by atoms with Gasteiger partial charge in [-0.2, -0.15) is 0 Å². The highest BCUT2D eigenvalue weighted by atomic mass is 14.9. The molecule has 0 saturated heterocycles. The average Bonchev–Trinajstić information content (AvgIpc) is 2.39. The molecule has 0 bridgehead atoms.